The second kappa shape index (κ2) is 6.71. The van der Waals surface area contributed by atoms with Gasteiger partial charge in [-0.05, 0) is 56.7 Å². The van der Waals surface area contributed by atoms with E-state index in [0.29, 0.717) is 6.04 Å². The maximum atomic E-state index is 10.9. The fourth-order valence-corrected chi connectivity index (χ4v) is 2.85. The summed E-state index contributed by atoms with van der Waals surface area (Å²) < 4.78 is 0. The minimum Gasteiger partial charge on any atom is -0.481 e. The molecule has 0 aromatic heterocycles. The molecule has 2 rings (SSSR count). The summed E-state index contributed by atoms with van der Waals surface area (Å²) in [5.41, 5.74) is 2.74. The number of carbonyl (C=O) groups is 1. The number of aliphatic carboxylic acids is 1. The molecule has 0 amide bonds. The third-order valence-electron chi connectivity index (χ3n) is 4.17. The van der Waals surface area contributed by atoms with Gasteiger partial charge in [0.1, 0.15) is 0 Å². The van der Waals surface area contributed by atoms with Crippen LogP contribution in [0.4, 0.5) is 0 Å². The van der Waals surface area contributed by atoms with Crippen LogP contribution >= 0.6 is 0 Å². The smallest absolute Gasteiger partial charge is 0.306 e. The Morgan fingerprint density at radius 3 is 2.58 bits per heavy atom. The number of aryl methyl sites for hydroxylation is 1. The number of nitrogens with one attached hydrogen (secondary N) is 1. The van der Waals surface area contributed by atoms with Gasteiger partial charge < -0.3 is 10.4 Å². The monoisotopic (exact) mass is 261 g/mol. The van der Waals surface area contributed by atoms with E-state index in [1.165, 1.54) is 11.1 Å². The average Bonchev–Trinajstić information content (AvgIpc) is 2.41. The van der Waals surface area contributed by atoms with Crippen LogP contribution in [0.25, 0.3) is 0 Å². The predicted molar refractivity (Wildman–Crippen MR) is 76.3 cm³/mol. The van der Waals surface area contributed by atoms with Crippen molar-refractivity contribution in [3.05, 3.63) is 35.4 Å². The summed E-state index contributed by atoms with van der Waals surface area (Å²) in [4.78, 5) is 10.9. The highest BCUT2D eigenvalue weighted by atomic mass is 16.4. The predicted octanol–water partition coefficient (Wildman–Crippen LogP) is 2.77. The van der Waals surface area contributed by atoms with Crippen LogP contribution in [0.2, 0.25) is 0 Å². The average molecular weight is 261 g/mol. The molecule has 104 valence electrons. The number of carboxylic acids is 1. The first-order valence-electron chi connectivity index (χ1n) is 7.17. The lowest BCUT2D eigenvalue weighted by atomic mass is 9.86. The molecule has 1 aliphatic carbocycles. The fourth-order valence-electron chi connectivity index (χ4n) is 2.85. The molecule has 1 saturated carbocycles. The lowest BCUT2D eigenvalue weighted by Crippen LogP contribution is -2.36. The molecule has 0 atom stereocenters. The Bertz CT molecular complexity index is 423. The molecule has 1 aromatic rings. The Morgan fingerprint density at radius 2 is 1.95 bits per heavy atom. The first kappa shape index (κ1) is 14.1. The second-order valence-corrected chi connectivity index (χ2v) is 5.52. The van der Waals surface area contributed by atoms with Gasteiger partial charge in [0.05, 0.1) is 5.92 Å². The van der Waals surface area contributed by atoms with Crippen molar-refractivity contribution in [2.24, 2.45) is 5.92 Å². The van der Waals surface area contributed by atoms with Crippen molar-refractivity contribution in [2.45, 2.75) is 45.1 Å². The van der Waals surface area contributed by atoms with E-state index in [1.54, 1.807) is 0 Å². The van der Waals surface area contributed by atoms with Crippen LogP contribution in [0.5, 0.6) is 0 Å². The number of carboxylic acid groups (broad SMARTS) is 1. The van der Waals surface area contributed by atoms with Crippen LogP contribution in [-0.2, 0) is 11.2 Å². The highest BCUT2D eigenvalue weighted by molar-refractivity contribution is 5.70. The molecule has 0 bridgehead atoms. The van der Waals surface area contributed by atoms with Gasteiger partial charge in [-0.3, -0.25) is 4.79 Å². The van der Waals surface area contributed by atoms with E-state index in [9.17, 15) is 4.79 Å². The third-order valence-corrected chi connectivity index (χ3v) is 4.17. The Labute approximate surface area is 115 Å². The Kier molecular flexibility index (Phi) is 4.97. The minimum atomic E-state index is -0.627. The summed E-state index contributed by atoms with van der Waals surface area (Å²) in [5.74, 6) is -0.743. The van der Waals surface area contributed by atoms with E-state index >= 15 is 0 Å². The first-order chi connectivity index (χ1) is 9.16. The van der Waals surface area contributed by atoms with Crippen molar-refractivity contribution in [3.8, 4) is 0 Å². The molecule has 0 unspecified atom stereocenters. The van der Waals surface area contributed by atoms with Crippen LogP contribution < -0.4 is 5.32 Å². The van der Waals surface area contributed by atoms with Crippen molar-refractivity contribution in [3.63, 3.8) is 0 Å². The largest absolute Gasteiger partial charge is 0.481 e. The van der Waals surface area contributed by atoms with Crippen molar-refractivity contribution < 1.29 is 9.90 Å². The highest BCUT2D eigenvalue weighted by Crippen LogP contribution is 2.24. The Balaban J connectivity index is 1.70. The fraction of sp³-hybridized carbons (Fsp3) is 0.562. The summed E-state index contributed by atoms with van der Waals surface area (Å²) in [5, 5.41) is 12.5. The van der Waals surface area contributed by atoms with Crippen LogP contribution in [0.15, 0.2) is 24.3 Å². The van der Waals surface area contributed by atoms with Gasteiger partial charge in [-0.2, -0.15) is 0 Å². The maximum Gasteiger partial charge on any atom is 0.306 e. The van der Waals surface area contributed by atoms with Crippen LogP contribution in [0.1, 0.15) is 36.8 Å². The summed E-state index contributed by atoms with van der Waals surface area (Å²) in [6.45, 7) is 3.13. The lowest BCUT2D eigenvalue weighted by Gasteiger charge is -2.27. The molecule has 0 saturated heterocycles. The Hall–Kier alpha value is -1.35. The zero-order valence-corrected chi connectivity index (χ0v) is 11.6. The van der Waals surface area contributed by atoms with E-state index in [4.69, 9.17) is 5.11 Å². The van der Waals surface area contributed by atoms with E-state index in [1.807, 2.05) is 0 Å². The zero-order valence-electron chi connectivity index (χ0n) is 11.6. The molecule has 0 heterocycles. The molecule has 3 heteroatoms. The van der Waals surface area contributed by atoms with E-state index < -0.39 is 5.97 Å². The van der Waals surface area contributed by atoms with Crippen LogP contribution in [0, 0.1) is 12.8 Å². The van der Waals surface area contributed by atoms with E-state index in [2.05, 4.69) is 36.5 Å². The van der Waals surface area contributed by atoms with Gasteiger partial charge in [0.25, 0.3) is 0 Å². The SMILES string of the molecule is Cc1ccccc1CCNC1CCC(C(=O)O)CC1. The molecule has 1 fully saturated rings. The van der Waals surface area contributed by atoms with E-state index in [0.717, 1.165) is 38.6 Å². The van der Waals surface area contributed by atoms with Crippen LogP contribution in [-0.4, -0.2) is 23.7 Å². The maximum absolute atomic E-state index is 10.9. The summed E-state index contributed by atoms with van der Waals surface area (Å²) >= 11 is 0. The summed E-state index contributed by atoms with van der Waals surface area (Å²) in [6.07, 6.45) is 4.66. The molecule has 1 aliphatic rings. The number of hydrogen-bond donors (Lipinski definition) is 2. The van der Waals surface area contributed by atoms with Crippen molar-refractivity contribution in [1.82, 2.24) is 5.32 Å². The molecular formula is C16H23NO2. The van der Waals surface area contributed by atoms with Gasteiger partial charge >= 0.3 is 5.97 Å². The third kappa shape index (κ3) is 4.06. The topological polar surface area (TPSA) is 49.3 Å². The van der Waals surface area contributed by atoms with Crippen LogP contribution in [0.3, 0.4) is 0 Å². The quantitative estimate of drug-likeness (QED) is 0.857. The van der Waals surface area contributed by atoms with Gasteiger partial charge in [-0.1, -0.05) is 24.3 Å². The minimum absolute atomic E-state index is 0.116. The summed E-state index contributed by atoms with van der Waals surface area (Å²) in [7, 11) is 0. The van der Waals surface area contributed by atoms with Gasteiger partial charge in [0.15, 0.2) is 0 Å². The first-order valence-corrected chi connectivity index (χ1v) is 7.17. The normalized spacial score (nSPS) is 23.2. The molecule has 0 spiro atoms. The summed E-state index contributed by atoms with van der Waals surface area (Å²) in [6, 6.07) is 8.98. The van der Waals surface area contributed by atoms with Crippen molar-refractivity contribution >= 4 is 5.97 Å². The molecule has 1 aromatic carbocycles. The van der Waals surface area contributed by atoms with E-state index in [-0.39, 0.29) is 5.92 Å². The van der Waals surface area contributed by atoms with Crippen molar-refractivity contribution in [1.29, 1.82) is 0 Å². The lowest BCUT2D eigenvalue weighted by molar-refractivity contribution is -0.142. The number of benzene rings is 1. The molecule has 19 heavy (non-hydrogen) atoms. The van der Waals surface area contributed by atoms with Gasteiger partial charge in [-0.15, -0.1) is 0 Å². The molecule has 0 radical (unpaired) electrons. The van der Waals surface area contributed by atoms with Gasteiger partial charge in [0, 0.05) is 6.04 Å². The molecule has 0 aliphatic heterocycles. The molecule has 2 N–H and O–H groups in total. The molecule has 3 nitrogen and oxygen atoms in total. The van der Waals surface area contributed by atoms with Gasteiger partial charge in [0.2, 0.25) is 0 Å². The molecular weight excluding hydrogens is 238 g/mol. The second-order valence-electron chi connectivity index (χ2n) is 5.52. The van der Waals surface area contributed by atoms with Gasteiger partial charge in [-0.25, -0.2) is 0 Å². The Morgan fingerprint density at radius 1 is 1.26 bits per heavy atom. The highest BCUT2D eigenvalue weighted by Gasteiger charge is 2.25. The number of hydrogen-bond acceptors (Lipinski definition) is 2. The standard InChI is InChI=1S/C16H23NO2/c1-12-4-2-3-5-13(12)10-11-17-15-8-6-14(7-9-15)16(18)19/h2-5,14-15,17H,6-11H2,1H3,(H,18,19). The zero-order chi connectivity index (χ0) is 13.7. The van der Waals surface area contributed by atoms with Crippen molar-refractivity contribution in [2.75, 3.05) is 6.54 Å². The number of rotatable bonds is 5.